The molecular formula is C17H20N2O2. The Morgan fingerprint density at radius 2 is 1.67 bits per heavy atom. The number of carbonyl (C=O) groups excluding carboxylic acids is 1. The molecule has 2 unspecified atom stereocenters. The highest BCUT2D eigenvalue weighted by Gasteiger charge is 2.21. The number of amides is 1. The summed E-state index contributed by atoms with van der Waals surface area (Å²) in [7, 11) is 1.53. The number of benzene rings is 2. The monoisotopic (exact) mass is 284 g/mol. The summed E-state index contributed by atoms with van der Waals surface area (Å²) in [5.41, 5.74) is 8.21. The van der Waals surface area contributed by atoms with Crippen molar-refractivity contribution in [2.24, 2.45) is 0 Å². The number of nitrogens with two attached hydrogens (primary N) is 1. The third-order valence-corrected chi connectivity index (χ3v) is 3.37. The number of rotatable bonds is 5. The van der Waals surface area contributed by atoms with Crippen LogP contribution in [0.1, 0.15) is 30.2 Å². The zero-order valence-electron chi connectivity index (χ0n) is 12.2. The van der Waals surface area contributed by atoms with Crippen molar-refractivity contribution >= 4 is 11.6 Å². The van der Waals surface area contributed by atoms with Crippen molar-refractivity contribution in [1.82, 2.24) is 5.32 Å². The SMILES string of the molecule is COC(C(=O)NC(C)c1ccc(N)cc1)c1ccccc1. The van der Waals surface area contributed by atoms with Gasteiger partial charge in [0.05, 0.1) is 6.04 Å². The van der Waals surface area contributed by atoms with E-state index in [0.717, 1.165) is 11.1 Å². The minimum Gasteiger partial charge on any atom is -0.399 e. The molecule has 0 saturated carbocycles. The number of carbonyl (C=O) groups is 1. The third kappa shape index (κ3) is 3.83. The number of nitrogen functional groups attached to an aromatic ring is 1. The molecule has 110 valence electrons. The van der Waals surface area contributed by atoms with Gasteiger partial charge in [-0.05, 0) is 30.2 Å². The molecule has 21 heavy (non-hydrogen) atoms. The lowest BCUT2D eigenvalue weighted by Crippen LogP contribution is -2.32. The molecule has 2 atom stereocenters. The van der Waals surface area contributed by atoms with E-state index in [4.69, 9.17) is 10.5 Å². The molecule has 4 nitrogen and oxygen atoms in total. The molecule has 0 saturated heterocycles. The van der Waals surface area contributed by atoms with Gasteiger partial charge in [-0.1, -0.05) is 42.5 Å². The Bertz CT molecular complexity index is 581. The Kier molecular flexibility index (Phi) is 4.95. The minimum absolute atomic E-state index is 0.112. The molecule has 0 aromatic heterocycles. The van der Waals surface area contributed by atoms with Crippen LogP contribution in [-0.2, 0) is 9.53 Å². The summed E-state index contributed by atoms with van der Waals surface area (Å²) in [4.78, 5) is 12.4. The van der Waals surface area contributed by atoms with Crippen molar-refractivity contribution in [2.75, 3.05) is 12.8 Å². The summed E-state index contributed by atoms with van der Waals surface area (Å²) in [6, 6.07) is 16.8. The first kappa shape index (κ1) is 15.1. The first-order valence-corrected chi connectivity index (χ1v) is 6.85. The zero-order valence-corrected chi connectivity index (χ0v) is 12.2. The molecule has 2 rings (SSSR count). The highest BCUT2D eigenvalue weighted by molar-refractivity contribution is 5.82. The molecule has 0 heterocycles. The lowest BCUT2D eigenvalue weighted by Gasteiger charge is -2.20. The van der Waals surface area contributed by atoms with E-state index in [1.165, 1.54) is 7.11 Å². The number of anilines is 1. The largest absolute Gasteiger partial charge is 0.399 e. The molecule has 3 N–H and O–H groups in total. The highest BCUT2D eigenvalue weighted by atomic mass is 16.5. The van der Waals surface area contributed by atoms with Gasteiger partial charge >= 0.3 is 0 Å². The number of ether oxygens (including phenoxy) is 1. The Morgan fingerprint density at radius 3 is 2.24 bits per heavy atom. The second-order valence-electron chi connectivity index (χ2n) is 4.92. The molecule has 0 aliphatic rings. The summed E-state index contributed by atoms with van der Waals surface area (Å²) >= 11 is 0. The smallest absolute Gasteiger partial charge is 0.254 e. The Labute approximate surface area is 124 Å². The standard InChI is InChI=1S/C17H20N2O2/c1-12(13-8-10-15(18)11-9-13)19-17(20)16(21-2)14-6-4-3-5-7-14/h3-12,16H,18H2,1-2H3,(H,19,20). The van der Waals surface area contributed by atoms with E-state index in [0.29, 0.717) is 5.69 Å². The molecule has 0 fully saturated rings. The van der Waals surface area contributed by atoms with Gasteiger partial charge in [-0.15, -0.1) is 0 Å². The lowest BCUT2D eigenvalue weighted by molar-refractivity contribution is -0.132. The van der Waals surface area contributed by atoms with E-state index in [9.17, 15) is 4.79 Å². The van der Waals surface area contributed by atoms with Crippen LogP contribution in [-0.4, -0.2) is 13.0 Å². The van der Waals surface area contributed by atoms with Crippen LogP contribution in [0.25, 0.3) is 0 Å². The van der Waals surface area contributed by atoms with Gasteiger partial charge in [0, 0.05) is 12.8 Å². The van der Waals surface area contributed by atoms with Gasteiger partial charge in [0.15, 0.2) is 6.10 Å². The van der Waals surface area contributed by atoms with Crippen molar-refractivity contribution in [2.45, 2.75) is 19.1 Å². The normalized spacial score (nSPS) is 13.4. The van der Waals surface area contributed by atoms with Crippen molar-refractivity contribution in [3.8, 4) is 0 Å². The zero-order chi connectivity index (χ0) is 15.2. The Morgan fingerprint density at radius 1 is 1.05 bits per heavy atom. The summed E-state index contributed by atoms with van der Waals surface area (Å²) in [5, 5.41) is 2.96. The van der Waals surface area contributed by atoms with E-state index in [2.05, 4.69) is 5.32 Å². The maximum atomic E-state index is 12.4. The maximum Gasteiger partial charge on any atom is 0.254 e. The molecule has 0 radical (unpaired) electrons. The van der Waals surface area contributed by atoms with Crippen LogP contribution in [0.2, 0.25) is 0 Å². The van der Waals surface area contributed by atoms with Crippen LogP contribution in [0.15, 0.2) is 54.6 Å². The van der Waals surface area contributed by atoms with Crippen LogP contribution in [0.3, 0.4) is 0 Å². The maximum absolute atomic E-state index is 12.4. The van der Waals surface area contributed by atoms with Gasteiger partial charge in [-0.3, -0.25) is 4.79 Å². The number of nitrogens with one attached hydrogen (secondary N) is 1. The Hall–Kier alpha value is -2.33. The predicted molar refractivity (Wildman–Crippen MR) is 83.6 cm³/mol. The van der Waals surface area contributed by atoms with E-state index in [-0.39, 0.29) is 11.9 Å². The number of hydrogen-bond donors (Lipinski definition) is 2. The summed E-state index contributed by atoms with van der Waals surface area (Å²) < 4.78 is 5.32. The van der Waals surface area contributed by atoms with Crippen molar-refractivity contribution in [1.29, 1.82) is 0 Å². The van der Waals surface area contributed by atoms with E-state index >= 15 is 0 Å². The van der Waals surface area contributed by atoms with Gasteiger partial charge in [-0.25, -0.2) is 0 Å². The molecule has 0 bridgehead atoms. The Balaban J connectivity index is 2.07. The predicted octanol–water partition coefficient (Wildman–Crippen LogP) is 2.83. The average molecular weight is 284 g/mol. The highest BCUT2D eigenvalue weighted by Crippen LogP contribution is 2.19. The fourth-order valence-corrected chi connectivity index (χ4v) is 2.18. The van der Waals surface area contributed by atoms with Gasteiger partial charge < -0.3 is 15.8 Å². The lowest BCUT2D eigenvalue weighted by atomic mass is 10.1. The molecule has 4 heteroatoms. The van der Waals surface area contributed by atoms with Gasteiger partial charge in [0.25, 0.3) is 5.91 Å². The van der Waals surface area contributed by atoms with Crippen LogP contribution in [0.5, 0.6) is 0 Å². The molecule has 2 aromatic rings. The second kappa shape index (κ2) is 6.90. The van der Waals surface area contributed by atoms with Gasteiger partial charge in [0.2, 0.25) is 0 Å². The molecule has 0 spiro atoms. The van der Waals surface area contributed by atoms with E-state index in [1.54, 1.807) is 0 Å². The summed E-state index contributed by atoms with van der Waals surface area (Å²) in [5.74, 6) is -0.159. The molecular weight excluding hydrogens is 264 g/mol. The van der Waals surface area contributed by atoms with Crippen LogP contribution in [0.4, 0.5) is 5.69 Å². The first-order chi connectivity index (χ1) is 10.1. The quantitative estimate of drug-likeness (QED) is 0.830. The van der Waals surface area contributed by atoms with Crippen molar-refractivity contribution in [3.05, 3.63) is 65.7 Å². The molecule has 2 aromatic carbocycles. The topological polar surface area (TPSA) is 64.3 Å². The van der Waals surface area contributed by atoms with Crippen LogP contribution in [0, 0.1) is 0 Å². The summed E-state index contributed by atoms with van der Waals surface area (Å²) in [6.45, 7) is 1.93. The number of methoxy groups -OCH3 is 1. The molecule has 1 amide bonds. The summed E-state index contributed by atoms with van der Waals surface area (Å²) in [6.07, 6.45) is -0.609. The second-order valence-corrected chi connectivity index (χ2v) is 4.92. The number of hydrogen-bond acceptors (Lipinski definition) is 3. The van der Waals surface area contributed by atoms with Gasteiger partial charge in [-0.2, -0.15) is 0 Å². The fraction of sp³-hybridized carbons (Fsp3) is 0.235. The molecule has 0 aliphatic carbocycles. The van der Waals surface area contributed by atoms with Crippen molar-refractivity contribution < 1.29 is 9.53 Å². The average Bonchev–Trinajstić information content (AvgIpc) is 2.49. The van der Waals surface area contributed by atoms with Crippen LogP contribution < -0.4 is 11.1 Å². The van der Waals surface area contributed by atoms with E-state index < -0.39 is 6.10 Å². The van der Waals surface area contributed by atoms with Crippen LogP contribution >= 0.6 is 0 Å². The van der Waals surface area contributed by atoms with E-state index in [1.807, 2.05) is 61.5 Å². The van der Waals surface area contributed by atoms with Crippen molar-refractivity contribution in [3.63, 3.8) is 0 Å². The fourth-order valence-electron chi connectivity index (χ4n) is 2.18. The van der Waals surface area contributed by atoms with Gasteiger partial charge in [0.1, 0.15) is 0 Å². The first-order valence-electron chi connectivity index (χ1n) is 6.85. The third-order valence-electron chi connectivity index (χ3n) is 3.37. The molecule has 0 aliphatic heterocycles. The minimum atomic E-state index is -0.609.